The van der Waals surface area contributed by atoms with Crippen LogP contribution in [-0.2, 0) is 6.54 Å². The van der Waals surface area contributed by atoms with Gasteiger partial charge in [-0.1, -0.05) is 12.8 Å². The van der Waals surface area contributed by atoms with Gasteiger partial charge >= 0.3 is 0 Å². The van der Waals surface area contributed by atoms with Gasteiger partial charge in [0, 0.05) is 19.3 Å². The molecule has 112 valence electrons. The molecule has 0 saturated carbocycles. The molecule has 21 heavy (non-hydrogen) atoms. The molecule has 1 saturated heterocycles. The van der Waals surface area contributed by atoms with Gasteiger partial charge < -0.3 is 9.32 Å². The van der Waals surface area contributed by atoms with E-state index in [0.717, 1.165) is 36.2 Å². The second-order valence-corrected chi connectivity index (χ2v) is 6.24. The van der Waals surface area contributed by atoms with E-state index in [1.54, 1.807) is 16.9 Å². The van der Waals surface area contributed by atoms with Crippen LogP contribution in [0.3, 0.4) is 0 Å². The molecular formula is C15H18BrN3O2. The van der Waals surface area contributed by atoms with Crippen molar-refractivity contribution in [3.63, 3.8) is 0 Å². The minimum Gasteiger partial charge on any atom is -0.454 e. The van der Waals surface area contributed by atoms with Crippen LogP contribution in [0.1, 0.15) is 42.0 Å². The maximum absolute atomic E-state index is 12.4. The number of nitrogens with zero attached hydrogens (tertiary/aromatic N) is 3. The van der Waals surface area contributed by atoms with E-state index in [1.807, 2.05) is 17.2 Å². The number of aromatic nitrogens is 2. The average Bonchev–Trinajstić information content (AvgIpc) is 3.00. The lowest BCUT2D eigenvalue weighted by Gasteiger charge is -2.18. The van der Waals surface area contributed by atoms with E-state index in [0.29, 0.717) is 12.3 Å². The van der Waals surface area contributed by atoms with Gasteiger partial charge in [0.15, 0.2) is 5.76 Å². The van der Waals surface area contributed by atoms with Crippen LogP contribution in [0.5, 0.6) is 0 Å². The Morgan fingerprint density at radius 3 is 2.67 bits per heavy atom. The van der Waals surface area contributed by atoms with Gasteiger partial charge in [-0.2, -0.15) is 5.10 Å². The van der Waals surface area contributed by atoms with E-state index in [-0.39, 0.29) is 5.91 Å². The van der Waals surface area contributed by atoms with Crippen LogP contribution in [-0.4, -0.2) is 33.7 Å². The second kappa shape index (κ2) is 6.47. The van der Waals surface area contributed by atoms with Crippen LogP contribution < -0.4 is 0 Å². The first-order valence-corrected chi connectivity index (χ1v) is 8.07. The fourth-order valence-electron chi connectivity index (χ4n) is 2.59. The lowest BCUT2D eigenvalue weighted by Crippen LogP contribution is -2.31. The molecule has 0 atom stereocenters. The van der Waals surface area contributed by atoms with E-state index in [9.17, 15) is 4.79 Å². The van der Waals surface area contributed by atoms with E-state index in [2.05, 4.69) is 21.0 Å². The summed E-state index contributed by atoms with van der Waals surface area (Å²) in [5.74, 6) is 1.17. The molecule has 5 nitrogen and oxygen atoms in total. The van der Waals surface area contributed by atoms with Crippen molar-refractivity contribution in [1.82, 2.24) is 14.7 Å². The molecular weight excluding hydrogens is 334 g/mol. The number of hydrogen-bond acceptors (Lipinski definition) is 3. The Balaban J connectivity index is 1.67. The molecule has 1 aliphatic rings. The Bertz CT molecular complexity index is 612. The summed E-state index contributed by atoms with van der Waals surface area (Å²) in [5.41, 5.74) is 0. The molecule has 3 heterocycles. The molecule has 6 heteroatoms. The quantitative estimate of drug-likeness (QED) is 0.852. The number of hydrogen-bond donors (Lipinski definition) is 0. The molecule has 2 aromatic rings. The molecule has 0 N–H and O–H groups in total. The highest BCUT2D eigenvalue weighted by Gasteiger charge is 2.20. The normalized spacial score (nSPS) is 16.0. The van der Waals surface area contributed by atoms with Gasteiger partial charge in [-0.25, -0.2) is 0 Å². The number of carbonyl (C=O) groups excluding carboxylic acids is 1. The van der Waals surface area contributed by atoms with Gasteiger partial charge in [0.2, 0.25) is 0 Å². The number of amides is 1. The van der Waals surface area contributed by atoms with Gasteiger partial charge in [-0.05, 0) is 40.9 Å². The van der Waals surface area contributed by atoms with Crippen LogP contribution in [0.25, 0.3) is 0 Å². The summed E-state index contributed by atoms with van der Waals surface area (Å²) in [6.45, 7) is 2.20. The summed E-state index contributed by atoms with van der Waals surface area (Å²) >= 11 is 3.36. The van der Waals surface area contributed by atoms with Crippen LogP contribution in [0, 0.1) is 0 Å². The molecule has 0 aromatic carbocycles. The van der Waals surface area contributed by atoms with Crippen molar-refractivity contribution in [2.75, 3.05) is 13.1 Å². The molecule has 0 aliphatic carbocycles. The molecule has 0 unspecified atom stereocenters. The fourth-order valence-corrected chi connectivity index (χ4v) is 2.92. The lowest BCUT2D eigenvalue weighted by molar-refractivity contribution is 0.0727. The van der Waals surface area contributed by atoms with Crippen LogP contribution >= 0.6 is 15.9 Å². The number of halogens is 1. The predicted octanol–water partition coefficient (Wildman–Crippen LogP) is 3.30. The molecule has 0 radical (unpaired) electrons. The van der Waals surface area contributed by atoms with Gasteiger partial charge in [-0.15, -0.1) is 0 Å². The zero-order valence-corrected chi connectivity index (χ0v) is 13.4. The predicted molar refractivity (Wildman–Crippen MR) is 82.1 cm³/mol. The summed E-state index contributed by atoms with van der Waals surface area (Å²) in [4.78, 5) is 14.3. The Labute approximate surface area is 132 Å². The number of rotatable bonds is 3. The summed E-state index contributed by atoms with van der Waals surface area (Å²) in [6, 6.07) is 3.61. The first-order valence-electron chi connectivity index (χ1n) is 7.28. The first kappa shape index (κ1) is 14.4. The number of carbonyl (C=O) groups is 1. The Hall–Kier alpha value is -1.56. The third-order valence-electron chi connectivity index (χ3n) is 3.69. The maximum atomic E-state index is 12.4. The number of furan rings is 1. The van der Waals surface area contributed by atoms with E-state index >= 15 is 0 Å². The number of likely N-dealkylation sites (tertiary alicyclic amines) is 1. The SMILES string of the molecule is O=C(c1ccc(Cn2cc(Br)cn2)o1)N1CCCCCC1. The summed E-state index contributed by atoms with van der Waals surface area (Å²) < 4.78 is 8.38. The van der Waals surface area contributed by atoms with Crippen molar-refractivity contribution in [3.8, 4) is 0 Å². The van der Waals surface area contributed by atoms with Crippen molar-refractivity contribution in [1.29, 1.82) is 0 Å². The van der Waals surface area contributed by atoms with Crippen molar-refractivity contribution < 1.29 is 9.21 Å². The lowest BCUT2D eigenvalue weighted by atomic mass is 10.2. The van der Waals surface area contributed by atoms with Gasteiger partial charge in [0.1, 0.15) is 5.76 Å². The molecule has 0 spiro atoms. The fraction of sp³-hybridized carbons (Fsp3) is 0.467. The zero-order chi connectivity index (χ0) is 14.7. The van der Waals surface area contributed by atoms with E-state index < -0.39 is 0 Å². The average molecular weight is 352 g/mol. The van der Waals surface area contributed by atoms with Gasteiger partial charge in [0.25, 0.3) is 5.91 Å². The zero-order valence-electron chi connectivity index (χ0n) is 11.8. The maximum Gasteiger partial charge on any atom is 0.289 e. The molecule has 0 bridgehead atoms. The molecule has 3 rings (SSSR count). The Morgan fingerprint density at radius 1 is 1.24 bits per heavy atom. The first-order chi connectivity index (χ1) is 10.2. The monoisotopic (exact) mass is 351 g/mol. The second-order valence-electron chi connectivity index (χ2n) is 5.33. The minimum absolute atomic E-state index is 0.00444. The molecule has 2 aromatic heterocycles. The highest BCUT2D eigenvalue weighted by molar-refractivity contribution is 9.10. The minimum atomic E-state index is 0.00444. The molecule has 1 aliphatic heterocycles. The van der Waals surface area contributed by atoms with Gasteiger partial charge in [-0.3, -0.25) is 9.48 Å². The smallest absolute Gasteiger partial charge is 0.289 e. The third-order valence-corrected chi connectivity index (χ3v) is 4.09. The van der Waals surface area contributed by atoms with Crippen molar-refractivity contribution >= 4 is 21.8 Å². The molecule has 1 fully saturated rings. The molecule has 1 amide bonds. The van der Waals surface area contributed by atoms with Crippen molar-refractivity contribution in [2.45, 2.75) is 32.2 Å². The van der Waals surface area contributed by atoms with Crippen molar-refractivity contribution in [3.05, 3.63) is 40.5 Å². The van der Waals surface area contributed by atoms with Crippen LogP contribution in [0.2, 0.25) is 0 Å². The largest absolute Gasteiger partial charge is 0.454 e. The third kappa shape index (κ3) is 3.56. The van der Waals surface area contributed by atoms with Gasteiger partial charge in [0.05, 0.1) is 17.2 Å². The van der Waals surface area contributed by atoms with Crippen molar-refractivity contribution in [2.24, 2.45) is 0 Å². The van der Waals surface area contributed by atoms with E-state index in [4.69, 9.17) is 4.42 Å². The van der Waals surface area contributed by atoms with Crippen LogP contribution in [0.15, 0.2) is 33.4 Å². The topological polar surface area (TPSA) is 51.3 Å². The Kier molecular flexibility index (Phi) is 4.43. The standard InChI is InChI=1S/C15H18BrN3O2/c16-12-9-17-19(10-12)11-13-5-6-14(21-13)15(20)18-7-3-1-2-4-8-18/h5-6,9-10H,1-4,7-8,11H2. The highest BCUT2D eigenvalue weighted by Crippen LogP contribution is 2.16. The summed E-state index contributed by atoms with van der Waals surface area (Å²) in [6.07, 6.45) is 8.19. The van der Waals surface area contributed by atoms with E-state index in [1.165, 1.54) is 12.8 Å². The van der Waals surface area contributed by atoms with Crippen LogP contribution in [0.4, 0.5) is 0 Å². The summed E-state index contributed by atoms with van der Waals surface area (Å²) in [5, 5.41) is 4.18. The Morgan fingerprint density at radius 2 is 2.00 bits per heavy atom. The summed E-state index contributed by atoms with van der Waals surface area (Å²) in [7, 11) is 0. The highest BCUT2D eigenvalue weighted by atomic mass is 79.9.